The number of fused-ring (bicyclic) bond motifs is 1. The quantitative estimate of drug-likeness (QED) is 0.501. The third-order valence-corrected chi connectivity index (χ3v) is 4.46. The summed E-state index contributed by atoms with van der Waals surface area (Å²) >= 11 is 6.30. The van der Waals surface area contributed by atoms with Crippen LogP contribution in [0.5, 0.6) is 5.75 Å². The number of aliphatic imine (C=N–C) groups is 1. The zero-order chi connectivity index (χ0) is 18.9. The number of esters is 1. The Balaban J connectivity index is 2.69. The Labute approximate surface area is 152 Å². The first kappa shape index (κ1) is 19.5. The Morgan fingerprint density at radius 2 is 2.08 bits per heavy atom. The first-order chi connectivity index (χ1) is 11.6. The number of carbonyl (C=O) groups is 1. The van der Waals surface area contributed by atoms with E-state index in [9.17, 15) is 14.7 Å². The van der Waals surface area contributed by atoms with Crippen molar-refractivity contribution in [3.05, 3.63) is 27.2 Å². The number of halogens is 1. The van der Waals surface area contributed by atoms with Crippen LogP contribution in [0.15, 0.2) is 9.79 Å². The van der Waals surface area contributed by atoms with E-state index in [-0.39, 0.29) is 17.6 Å². The molecule has 1 aliphatic heterocycles. The van der Waals surface area contributed by atoms with Gasteiger partial charge in [0.25, 0.3) is 5.56 Å². The topological polar surface area (TPSA) is 80.9 Å². The summed E-state index contributed by atoms with van der Waals surface area (Å²) in [6.45, 7) is 10.2. The van der Waals surface area contributed by atoms with E-state index in [0.29, 0.717) is 24.2 Å². The van der Waals surface area contributed by atoms with Crippen LogP contribution in [0, 0.1) is 5.41 Å². The lowest BCUT2D eigenvalue weighted by molar-refractivity contribution is 0.0519. The van der Waals surface area contributed by atoms with Crippen molar-refractivity contribution < 1.29 is 14.6 Å². The molecule has 1 N–H and O–H groups in total. The summed E-state index contributed by atoms with van der Waals surface area (Å²) in [7, 11) is 0. The molecule has 0 fully saturated rings. The molecule has 1 unspecified atom stereocenters. The van der Waals surface area contributed by atoms with Crippen molar-refractivity contribution >= 4 is 23.3 Å². The molecular formula is C18H25ClN2O4. The highest BCUT2D eigenvalue weighted by Crippen LogP contribution is 2.38. The number of carbonyl (C=O) groups excluding carboxylic acids is 1. The average molecular weight is 369 g/mol. The van der Waals surface area contributed by atoms with Crippen molar-refractivity contribution in [2.75, 3.05) is 6.61 Å². The molecule has 25 heavy (non-hydrogen) atoms. The first-order valence-electron chi connectivity index (χ1n) is 8.39. The first-order valence-corrected chi connectivity index (χ1v) is 8.83. The Hall–Kier alpha value is -1.82. The lowest BCUT2D eigenvalue weighted by Gasteiger charge is -2.27. The number of aromatic hydroxyl groups is 1. The Bertz CT molecular complexity index is 775. The zero-order valence-electron chi connectivity index (χ0n) is 15.4. The van der Waals surface area contributed by atoms with Crippen molar-refractivity contribution in [1.29, 1.82) is 0 Å². The Morgan fingerprint density at radius 1 is 1.44 bits per heavy atom. The second-order valence-corrected chi connectivity index (χ2v) is 7.86. The van der Waals surface area contributed by atoms with Crippen LogP contribution >= 0.6 is 11.6 Å². The summed E-state index contributed by atoms with van der Waals surface area (Å²) in [6, 6.07) is 0. The van der Waals surface area contributed by atoms with Gasteiger partial charge in [-0.25, -0.2) is 4.79 Å². The van der Waals surface area contributed by atoms with Crippen LogP contribution in [0.4, 0.5) is 0 Å². The maximum atomic E-state index is 12.9. The van der Waals surface area contributed by atoms with Crippen molar-refractivity contribution in [2.45, 2.75) is 59.5 Å². The van der Waals surface area contributed by atoms with Gasteiger partial charge in [-0.3, -0.25) is 9.79 Å². The molecule has 7 heteroatoms. The molecule has 0 radical (unpaired) electrons. The third kappa shape index (κ3) is 4.06. The number of ether oxygens (including phenoxy) is 1. The molecule has 0 amide bonds. The largest absolute Gasteiger partial charge is 0.506 e. The third-order valence-electron chi connectivity index (χ3n) is 4.15. The minimum atomic E-state index is -0.840. The molecule has 0 aromatic carbocycles. The highest BCUT2D eigenvalue weighted by Gasteiger charge is 2.32. The molecule has 0 saturated carbocycles. The predicted octanol–water partition coefficient (Wildman–Crippen LogP) is 3.42. The SMILES string of the molecule is CCOC(=O)c1c(O)c2c(n(CCC(C)(C)C)c1=O)CC(C)=NC2Cl. The van der Waals surface area contributed by atoms with Crippen LogP contribution in [0.3, 0.4) is 0 Å². The van der Waals surface area contributed by atoms with Gasteiger partial charge in [0.05, 0.1) is 12.2 Å². The van der Waals surface area contributed by atoms with Gasteiger partial charge in [-0.05, 0) is 25.7 Å². The maximum Gasteiger partial charge on any atom is 0.347 e. The molecule has 0 aliphatic carbocycles. The maximum absolute atomic E-state index is 12.9. The summed E-state index contributed by atoms with van der Waals surface area (Å²) in [5.74, 6) is -1.26. The zero-order valence-corrected chi connectivity index (χ0v) is 16.1. The van der Waals surface area contributed by atoms with E-state index >= 15 is 0 Å². The Morgan fingerprint density at radius 3 is 2.64 bits per heavy atom. The van der Waals surface area contributed by atoms with Gasteiger partial charge in [-0.1, -0.05) is 32.4 Å². The van der Waals surface area contributed by atoms with Crippen LogP contribution in [0.1, 0.15) is 68.2 Å². The van der Waals surface area contributed by atoms with Gasteiger partial charge in [-0.15, -0.1) is 0 Å². The van der Waals surface area contributed by atoms with Crippen LogP contribution in [0.2, 0.25) is 0 Å². The summed E-state index contributed by atoms with van der Waals surface area (Å²) < 4.78 is 6.49. The fourth-order valence-electron chi connectivity index (χ4n) is 2.83. The van der Waals surface area contributed by atoms with E-state index in [4.69, 9.17) is 16.3 Å². The van der Waals surface area contributed by atoms with Gasteiger partial charge in [0.15, 0.2) is 11.1 Å². The number of hydrogen-bond acceptors (Lipinski definition) is 5. The highest BCUT2D eigenvalue weighted by molar-refractivity contribution is 6.22. The molecule has 138 valence electrons. The summed E-state index contributed by atoms with van der Waals surface area (Å²) in [6.07, 6.45) is 1.14. The predicted molar refractivity (Wildman–Crippen MR) is 97.8 cm³/mol. The van der Waals surface area contributed by atoms with Crippen LogP contribution in [0.25, 0.3) is 0 Å². The molecule has 2 rings (SSSR count). The van der Waals surface area contributed by atoms with Crippen LogP contribution in [-0.4, -0.2) is 28.0 Å². The van der Waals surface area contributed by atoms with E-state index in [1.807, 2.05) is 6.92 Å². The number of pyridine rings is 1. The Kier molecular flexibility index (Phi) is 5.62. The number of nitrogens with zero attached hydrogens (tertiary/aromatic N) is 2. The molecule has 1 aromatic heterocycles. The number of rotatable bonds is 4. The second-order valence-electron chi connectivity index (χ2n) is 7.45. The minimum absolute atomic E-state index is 0.00642. The van der Waals surface area contributed by atoms with E-state index in [0.717, 1.165) is 12.1 Å². The number of aromatic nitrogens is 1. The van der Waals surface area contributed by atoms with Crippen molar-refractivity contribution in [2.24, 2.45) is 10.4 Å². The van der Waals surface area contributed by atoms with Gasteiger partial charge in [0, 0.05) is 24.4 Å². The summed E-state index contributed by atoms with van der Waals surface area (Å²) in [4.78, 5) is 29.4. The minimum Gasteiger partial charge on any atom is -0.506 e. The highest BCUT2D eigenvalue weighted by atomic mass is 35.5. The lowest BCUT2D eigenvalue weighted by atomic mass is 9.92. The lowest BCUT2D eigenvalue weighted by Crippen LogP contribution is -2.34. The monoisotopic (exact) mass is 368 g/mol. The van der Waals surface area contributed by atoms with E-state index < -0.39 is 22.8 Å². The van der Waals surface area contributed by atoms with Crippen molar-refractivity contribution in [3.8, 4) is 5.75 Å². The number of hydrogen-bond donors (Lipinski definition) is 1. The molecule has 0 saturated heterocycles. The van der Waals surface area contributed by atoms with Gasteiger partial charge in [0.2, 0.25) is 0 Å². The van der Waals surface area contributed by atoms with Gasteiger partial charge in [0.1, 0.15) is 5.75 Å². The normalized spacial score (nSPS) is 17.0. The molecule has 0 bridgehead atoms. The van der Waals surface area contributed by atoms with Crippen molar-refractivity contribution in [1.82, 2.24) is 4.57 Å². The smallest absolute Gasteiger partial charge is 0.347 e. The number of alkyl halides is 1. The van der Waals surface area contributed by atoms with Crippen molar-refractivity contribution in [3.63, 3.8) is 0 Å². The van der Waals surface area contributed by atoms with Gasteiger partial charge < -0.3 is 14.4 Å². The van der Waals surface area contributed by atoms with Crippen LogP contribution in [-0.2, 0) is 17.7 Å². The van der Waals surface area contributed by atoms with Crippen LogP contribution < -0.4 is 5.56 Å². The van der Waals surface area contributed by atoms with E-state index in [1.165, 1.54) is 0 Å². The molecule has 2 heterocycles. The average Bonchev–Trinajstić information content (AvgIpc) is 2.45. The fourth-order valence-corrected chi connectivity index (χ4v) is 3.23. The van der Waals surface area contributed by atoms with Gasteiger partial charge in [-0.2, -0.15) is 0 Å². The molecule has 1 aliphatic rings. The molecule has 1 atom stereocenters. The van der Waals surface area contributed by atoms with E-state index in [2.05, 4.69) is 25.8 Å². The molecular weight excluding hydrogens is 344 g/mol. The standard InChI is InChI=1S/C18H25ClN2O4/c1-6-25-17(24)13-14(22)12-11(9-10(2)20-15(12)19)21(16(13)23)8-7-18(3,4)5/h15,22H,6-9H2,1-5H3. The summed E-state index contributed by atoms with van der Waals surface area (Å²) in [5.41, 5.74) is -0.0198. The second kappa shape index (κ2) is 7.20. The molecule has 6 nitrogen and oxygen atoms in total. The van der Waals surface area contributed by atoms with Gasteiger partial charge >= 0.3 is 5.97 Å². The van der Waals surface area contributed by atoms with E-state index in [1.54, 1.807) is 11.5 Å². The fraction of sp³-hybridized carbons (Fsp3) is 0.611. The molecule has 0 spiro atoms. The molecule has 1 aromatic rings. The summed E-state index contributed by atoms with van der Waals surface area (Å²) in [5, 5.41) is 10.6.